The molecule has 0 saturated carbocycles. The number of amides is 3. The van der Waals surface area contributed by atoms with Gasteiger partial charge in [0.15, 0.2) is 0 Å². The van der Waals surface area contributed by atoms with Crippen molar-refractivity contribution in [3.63, 3.8) is 0 Å². The van der Waals surface area contributed by atoms with Crippen LogP contribution in [0.25, 0.3) is 0 Å². The zero-order valence-corrected chi connectivity index (χ0v) is 23.6. The van der Waals surface area contributed by atoms with E-state index < -0.39 is 22.6 Å². The first-order valence-electron chi connectivity index (χ1n) is 11.9. The summed E-state index contributed by atoms with van der Waals surface area (Å²) in [6.07, 6.45) is 3.85. The molecule has 3 unspecified atom stereocenters. The zero-order chi connectivity index (χ0) is 26.4. The topological polar surface area (TPSA) is 81.2 Å². The average Bonchev–Trinajstić information content (AvgIpc) is 3.41. The van der Waals surface area contributed by atoms with Crippen LogP contribution in [0, 0.1) is 18.8 Å². The minimum atomic E-state index is -0.852. The van der Waals surface area contributed by atoms with Gasteiger partial charge in [0.05, 0.1) is 33.9 Å². The number of hydrogen-bond acceptors (Lipinski definition) is 5. The van der Waals surface area contributed by atoms with E-state index in [1.807, 2.05) is 19.1 Å². The molecule has 3 aliphatic heterocycles. The molecule has 36 heavy (non-hydrogen) atoms. The predicted octanol–water partition coefficient (Wildman–Crippen LogP) is 3.27. The van der Waals surface area contributed by atoms with E-state index in [-0.39, 0.29) is 47.5 Å². The van der Waals surface area contributed by atoms with E-state index >= 15 is 0 Å². The molecule has 6 atom stereocenters. The lowest BCUT2D eigenvalue weighted by Crippen LogP contribution is -2.56. The Balaban J connectivity index is 1.82. The average molecular weight is 597 g/mol. The summed E-state index contributed by atoms with van der Waals surface area (Å²) in [4.78, 5) is 46.5. The summed E-state index contributed by atoms with van der Waals surface area (Å²) < 4.78 is -0.800. The van der Waals surface area contributed by atoms with Gasteiger partial charge in [0, 0.05) is 36.8 Å². The number of fused-ring (bicyclic) bond motifs is 1. The third-order valence-electron chi connectivity index (χ3n) is 7.46. The maximum Gasteiger partial charge on any atom is 0.251 e. The third-order valence-corrected chi connectivity index (χ3v) is 11.0. The smallest absolute Gasteiger partial charge is 0.251 e. The van der Waals surface area contributed by atoms with Gasteiger partial charge in [-0.25, -0.2) is 0 Å². The van der Waals surface area contributed by atoms with Crippen molar-refractivity contribution >= 4 is 62.7 Å². The number of likely N-dealkylation sites (N-methyl/N-ethyl adjacent to an activating group) is 1. The van der Waals surface area contributed by atoms with Crippen molar-refractivity contribution in [2.24, 2.45) is 11.8 Å². The van der Waals surface area contributed by atoms with Crippen molar-refractivity contribution in [1.29, 1.82) is 0 Å². The van der Waals surface area contributed by atoms with E-state index in [2.05, 4.69) is 29.1 Å². The number of aryl methyl sites for hydroxylation is 1. The van der Waals surface area contributed by atoms with E-state index in [1.54, 1.807) is 46.8 Å². The summed E-state index contributed by atoms with van der Waals surface area (Å²) in [5.74, 6) is -1.88. The highest BCUT2D eigenvalue weighted by Gasteiger charge is 2.76. The Kier molecular flexibility index (Phi) is 7.95. The first-order chi connectivity index (χ1) is 17.1. The van der Waals surface area contributed by atoms with E-state index in [4.69, 9.17) is 11.6 Å². The molecule has 3 aliphatic rings. The molecule has 1 spiro atoms. The van der Waals surface area contributed by atoms with E-state index in [1.165, 1.54) is 4.90 Å². The van der Waals surface area contributed by atoms with Gasteiger partial charge in [-0.3, -0.25) is 14.4 Å². The molecule has 1 N–H and O–H groups in total. The van der Waals surface area contributed by atoms with Crippen LogP contribution in [0.1, 0.15) is 12.0 Å². The second-order valence-electron chi connectivity index (χ2n) is 9.57. The van der Waals surface area contributed by atoms with Gasteiger partial charge in [0.2, 0.25) is 11.8 Å². The number of hydrogen-bond donors (Lipinski definition) is 1. The van der Waals surface area contributed by atoms with Crippen LogP contribution in [-0.4, -0.2) is 86.8 Å². The second kappa shape index (κ2) is 10.5. The lowest BCUT2D eigenvalue weighted by molar-refractivity contribution is -0.143. The van der Waals surface area contributed by atoms with Crippen molar-refractivity contribution in [2.75, 3.05) is 38.2 Å². The summed E-state index contributed by atoms with van der Waals surface area (Å²) in [6, 6.07) is 4.58. The molecular weight excluding hydrogens is 566 g/mol. The van der Waals surface area contributed by atoms with Gasteiger partial charge in [-0.05, 0) is 25.0 Å². The summed E-state index contributed by atoms with van der Waals surface area (Å²) in [6.45, 7) is 9.74. The Hall–Kier alpha value is -1.81. The number of carbonyl (C=O) groups excluding carboxylic acids is 3. The SMILES string of the molecule is C=CCN(C)C(=O)[C@H]1[C@H]2C(=O)N(CCO)C(C(=O)N(CC=C)c3c(C)cccc3Cl)C23CC(Br)[C@@H]1S3. The van der Waals surface area contributed by atoms with Gasteiger partial charge < -0.3 is 19.8 Å². The Morgan fingerprint density at radius 1 is 1.31 bits per heavy atom. The predicted molar refractivity (Wildman–Crippen MR) is 148 cm³/mol. The van der Waals surface area contributed by atoms with E-state index in [0.717, 1.165) is 5.56 Å². The molecule has 1 aromatic rings. The quantitative estimate of drug-likeness (QED) is 0.350. The van der Waals surface area contributed by atoms with Gasteiger partial charge >= 0.3 is 0 Å². The molecule has 0 radical (unpaired) electrons. The van der Waals surface area contributed by atoms with Crippen LogP contribution < -0.4 is 4.90 Å². The van der Waals surface area contributed by atoms with Gasteiger partial charge in [-0.1, -0.05) is 51.8 Å². The number of nitrogens with zero attached hydrogens (tertiary/aromatic N) is 3. The van der Waals surface area contributed by atoms with Crippen molar-refractivity contribution < 1.29 is 19.5 Å². The lowest BCUT2D eigenvalue weighted by atomic mass is 9.70. The maximum absolute atomic E-state index is 14.4. The summed E-state index contributed by atoms with van der Waals surface area (Å²) >= 11 is 11.9. The van der Waals surface area contributed by atoms with E-state index in [9.17, 15) is 19.5 Å². The highest BCUT2D eigenvalue weighted by molar-refractivity contribution is 9.09. The number of halogens is 2. The molecule has 1 aromatic carbocycles. The van der Waals surface area contributed by atoms with Crippen LogP contribution in [0.3, 0.4) is 0 Å². The minimum Gasteiger partial charge on any atom is -0.395 e. The van der Waals surface area contributed by atoms with Crippen LogP contribution >= 0.6 is 39.3 Å². The molecule has 3 saturated heterocycles. The highest BCUT2D eigenvalue weighted by Crippen LogP contribution is 2.68. The summed E-state index contributed by atoms with van der Waals surface area (Å²) in [7, 11) is 1.70. The van der Waals surface area contributed by atoms with Crippen LogP contribution in [0.15, 0.2) is 43.5 Å². The number of thioether (sulfide) groups is 1. The molecule has 0 aromatic heterocycles. The van der Waals surface area contributed by atoms with Gasteiger partial charge in [0.1, 0.15) is 6.04 Å². The van der Waals surface area contributed by atoms with Crippen molar-refractivity contribution in [3.8, 4) is 0 Å². The number of para-hydroxylation sites is 1. The molecule has 194 valence electrons. The first kappa shape index (κ1) is 27.2. The Labute approximate surface area is 229 Å². The molecule has 0 aliphatic carbocycles. The van der Waals surface area contributed by atoms with Gasteiger partial charge in [0.25, 0.3) is 5.91 Å². The first-order valence-corrected chi connectivity index (χ1v) is 14.1. The Morgan fingerprint density at radius 3 is 2.61 bits per heavy atom. The van der Waals surface area contributed by atoms with Crippen LogP contribution in [0.2, 0.25) is 5.02 Å². The number of β-amino-alcohol motifs (C(OH)–C–C–N with tert-alkyl or cyclic N) is 1. The molecule has 3 fully saturated rings. The molecule has 7 nitrogen and oxygen atoms in total. The molecular formula is C26H31BrClN3O4S. The van der Waals surface area contributed by atoms with Crippen LogP contribution in [0.5, 0.6) is 0 Å². The van der Waals surface area contributed by atoms with Crippen molar-refractivity contribution in [3.05, 3.63) is 54.1 Å². The number of benzene rings is 1. The fraction of sp³-hybridized carbons (Fsp3) is 0.500. The molecule has 4 rings (SSSR count). The van der Waals surface area contributed by atoms with Crippen LogP contribution in [-0.2, 0) is 14.4 Å². The maximum atomic E-state index is 14.4. The number of alkyl halides is 1. The van der Waals surface area contributed by atoms with Crippen molar-refractivity contribution in [1.82, 2.24) is 9.80 Å². The molecule has 10 heteroatoms. The molecule has 2 bridgehead atoms. The van der Waals surface area contributed by atoms with Gasteiger partial charge in [-0.2, -0.15) is 0 Å². The van der Waals surface area contributed by atoms with Crippen molar-refractivity contribution in [2.45, 2.75) is 34.2 Å². The number of aliphatic hydroxyl groups is 1. The molecule has 3 heterocycles. The third kappa shape index (κ3) is 4.12. The number of carbonyl (C=O) groups is 3. The Morgan fingerprint density at radius 2 is 2.00 bits per heavy atom. The summed E-state index contributed by atoms with van der Waals surface area (Å²) in [5.41, 5.74) is 1.40. The monoisotopic (exact) mass is 595 g/mol. The number of likely N-dealkylation sites (tertiary alicyclic amines) is 1. The van der Waals surface area contributed by atoms with Gasteiger partial charge in [-0.15, -0.1) is 24.9 Å². The number of anilines is 1. The fourth-order valence-electron chi connectivity index (χ4n) is 6.11. The summed E-state index contributed by atoms with van der Waals surface area (Å²) in [5, 5.41) is 10.1. The number of rotatable bonds is 9. The lowest BCUT2D eigenvalue weighted by Gasteiger charge is -2.38. The fourth-order valence-corrected chi connectivity index (χ4v) is 10.0. The highest BCUT2D eigenvalue weighted by atomic mass is 79.9. The molecule has 3 amide bonds. The number of aliphatic hydroxyl groups excluding tert-OH is 1. The van der Waals surface area contributed by atoms with Crippen LogP contribution in [0.4, 0.5) is 5.69 Å². The zero-order valence-electron chi connectivity index (χ0n) is 20.4. The Bertz CT molecular complexity index is 1080. The second-order valence-corrected chi connectivity index (χ2v) is 12.7. The van der Waals surface area contributed by atoms with E-state index in [0.29, 0.717) is 23.7 Å². The minimum absolute atomic E-state index is 0.0124. The standard InChI is InChI=1S/C26H31BrClN3O4S/c1-5-10-29(4)23(33)18-19-24(34)31(12-13-32)22(26(19)14-16(27)21(18)36-26)25(35)30(11-6-2)20-15(3)8-7-9-17(20)28/h5-9,16,18-19,21-22,32H,1-2,10-14H2,3-4H3/t16?,18-,19-,21-,22?,26?/m0/s1. The normalized spacial score (nSPS) is 30.3. The largest absolute Gasteiger partial charge is 0.395 e.